The average Bonchev–Trinajstić information content (AvgIpc) is 2.79. The van der Waals surface area contributed by atoms with Crippen LogP contribution in [0.2, 0.25) is 0 Å². The normalized spacial score (nSPS) is 24.1. The lowest BCUT2D eigenvalue weighted by atomic mass is 9.81. The van der Waals surface area contributed by atoms with E-state index in [2.05, 4.69) is 52.4 Å². The quantitative estimate of drug-likeness (QED) is 0.902. The molecular formula is C14H20BrNO. The fourth-order valence-electron chi connectivity index (χ4n) is 2.43. The molecule has 0 radical (unpaired) electrons. The van der Waals surface area contributed by atoms with Crippen molar-refractivity contribution in [1.29, 1.82) is 0 Å². The van der Waals surface area contributed by atoms with Crippen LogP contribution in [0.5, 0.6) is 0 Å². The lowest BCUT2D eigenvalue weighted by Gasteiger charge is -2.28. The van der Waals surface area contributed by atoms with Crippen LogP contribution in [0, 0.1) is 5.41 Å². The minimum Gasteiger partial charge on any atom is -0.381 e. The number of rotatable bonds is 5. The predicted octanol–water partition coefficient (Wildman–Crippen LogP) is 3.01. The Balaban J connectivity index is 2.10. The highest BCUT2D eigenvalue weighted by atomic mass is 79.9. The van der Waals surface area contributed by atoms with Crippen LogP contribution in [0.4, 0.5) is 0 Å². The van der Waals surface area contributed by atoms with Gasteiger partial charge in [-0.3, -0.25) is 0 Å². The van der Waals surface area contributed by atoms with Gasteiger partial charge in [0.15, 0.2) is 0 Å². The van der Waals surface area contributed by atoms with Gasteiger partial charge in [-0.2, -0.15) is 0 Å². The summed E-state index contributed by atoms with van der Waals surface area (Å²) in [4.78, 5) is 0. The molecule has 1 aromatic carbocycles. The molecule has 1 aliphatic heterocycles. The van der Waals surface area contributed by atoms with Gasteiger partial charge in [-0.05, 0) is 31.0 Å². The zero-order chi connectivity index (χ0) is 12.1. The average molecular weight is 298 g/mol. The first-order valence-electron chi connectivity index (χ1n) is 6.28. The number of hydrogen-bond donors (Lipinski definition) is 1. The van der Waals surface area contributed by atoms with Crippen LogP contribution in [0.15, 0.2) is 28.7 Å². The molecule has 1 N–H and O–H groups in total. The minimum absolute atomic E-state index is 0.278. The maximum Gasteiger partial charge on any atom is 0.0538 e. The van der Waals surface area contributed by atoms with E-state index in [1.807, 2.05) is 0 Å². The fraction of sp³-hybridized carbons (Fsp3) is 0.571. The second-order valence-electron chi connectivity index (χ2n) is 4.85. The van der Waals surface area contributed by atoms with Gasteiger partial charge in [-0.1, -0.05) is 41.1 Å². The molecule has 0 saturated carbocycles. The molecule has 0 amide bonds. The molecule has 1 aliphatic rings. The molecule has 1 heterocycles. The van der Waals surface area contributed by atoms with Crippen LogP contribution in [-0.2, 0) is 11.2 Å². The Bertz CT molecular complexity index is 361. The summed E-state index contributed by atoms with van der Waals surface area (Å²) in [6, 6.07) is 8.49. The van der Waals surface area contributed by atoms with Crippen LogP contribution >= 0.6 is 15.9 Å². The lowest BCUT2D eigenvalue weighted by molar-refractivity contribution is 0.149. The van der Waals surface area contributed by atoms with E-state index in [9.17, 15) is 0 Å². The molecule has 0 aliphatic carbocycles. The van der Waals surface area contributed by atoms with Gasteiger partial charge in [-0.25, -0.2) is 0 Å². The molecule has 1 fully saturated rings. The third-order valence-corrected chi connectivity index (χ3v) is 4.23. The summed E-state index contributed by atoms with van der Waals surface area (Å²) in [6.07, 6.45) is 2.24. The van der Waals surface area contributed by atoms with Gasteiger partial charge in [0.05, 0.1) is 6.61 Å². The summed E-state index contributed by atoms with van der Waals surface area (Å²) in [5, 5.41) is 3.48. The zero-order valence-corrected chi connectivity index (χ0v) is 11.9. The van der Waals surface area contributed by atoms with E-state index in [1.165, 1.54) is 10.0 Å². The van der Waals surface area contributed by atoms with E-state index in [-0.39, 0.29) is 5.41 Å². The maximum atomic E-state index is 5.61. The molecule has 2 nitrogen and oxygen atoms in total. The van der Waals surface area contributed by atoms with E-state index in [0.29, 0.717) is 0 Å². The predicted molar refractivity (Wildman–Crippen MR) is 74.3 cm³/mol. The van der Waals surface area contributed by atoms with Crippen molar-refractivity contribution in [3.63, 3.8) is 0 Å². The SMILES string of the molecule is CCNCC1(Cc2ccccc2Br)CCOC1. The van der Waals surface area contributed by atoms with Crippen molar-refractivity contribution >= 4 is 15.9 Å². The van der Waals surface area contributed by atoms with Gasteiger partial charge in [0, 0.05) is 23.0 Å². The van der Waals surface area contributed by atoms with Crippen molar-refractivity contribution in [2.75, 3.05) is 26.3 Å². The summed E-state index contributed by atoms with van der Waals surface area (Å²) in [7, 11) is 0. The Hall–Kier alpha value is -0.380. The van der Waals surface area contributed by atoms with Gasteiger partial charge in [-0.15, -0.1) is 0 Å². The number of hydrogen-bond acceptors (Lipinski definition) is 2. The van der Waals surface area contributed by atoms with Crippen molar-refractivity contribution in [3.8, 4) is 0 Å². The van der Waals surface area contributed by atoms with Gasteiger partial charge in [0.2, 0.25) is 0 Å². The third kappa shape index (κ3) is 3.30. The van der Waals surface area contributed by atoms with Gasteiger partial charge in [0.25, 0.3) is 0 Å². The van der Waals surface area contributed by atoms with Crippen molar-refractivity contribution in [3.05, 3.63) is 34.3 Å². The minimum atomic E-state index is 0.278. The smallest absolute Gasteiger partial charge is 0.0538 e. The number of halogens is 1. The second-order valence-corrected chi connectivity index (χ2v) is 5.71. The van der Waals surface area contributed by atoms with Gasteiger partial charge >= 0.3 is 0 Å². The summed E-state index contributed by atoms with van der Waals surface area (Å²) < 4.78 is 6.83. The molecule has 0 bridgehead atoms. The first kappa shape index (κ1) is 13.1. The van der Waals surface area contributed by atoms with Crippen LogP contribution in [0.25, 0.3) is 0 Å². The Morgan fingerprint density at radius 1 is 1.41 bits per heavy atom. The molecule has 0 aromatic heterocycles. The van der Waals surface area contributed by atoms with Crippen LogP contribution in [-0.4, -0.2) is 26.3 Å². The molecule has 1 atom stereocenters. The summed E-state index contributed by atoms with van der Waals surface area (Å²) >= 11 is 3.63. The van der Waals surface area contributed by atoms with E-state index in [0.717, 1.165) is 39.1 Å². The lowest BCUT2D eigenvalue weighted by Crippen LogP contribution is -2.36. The van der Waals surface area contributed by atoms with Crippen molar-refractivity contribution in [1.82, 2.24) is 5.32 Å². The fourth-order valence-corrected chi connectivity index (χ4v) is 2.85. The van der Waals surface area contributed by atoms with Crippen LogP contribution < -0.4 is 5.32 Å². The number of benzene rings is 1. The molecule has 0 spiro atoms. The highest BCUT2D eigenvalue weighted by Crippen LogP contribution is 2.34. The van der Waals surface area contributed by atoms with E-state index < -0.39 is 0 Å². The first-order valence-corrected chi connectivity index (χ1v) is 7.07. The number of ether oxygens (including phenoxy) is 1. The summed E-state index contributed by atoms with van der Waals surface area (Å²) in [6.45, 7) is 6.00. The van der Waals surface area contributed by atoms with Crippen LogP contribution in [0.1, 0.15) is 18.9 Å². The molecular weight excluding hydrogens is 278 g/mol. The van der Waals surface area contributed by atoms with Gasteiger partial charge in [0.1, 0.15) is 0 Å². The molecule has 94 valence electrons. The highest BCUT2D eigenvalue weighted by Gasteiger charge is 2.34. The van der Waals surface area contributed by atoms with Crippen molar-refractivity contribution in [2.45, 2.75) is 19.8 Å². The topological polar surface area (TPSA) is 21.3 Å². The molecule has 2 rings (SSSR count). The largest absolute Gasteiger partial charge is 0.381 e. The Morgan fingerprint density at radius 2 is 2.24 bits per heavy atom. The summed E-state index contributed by atoms with van der Waals surface area (Å²) in [5.74, 6) is 0. The van der Waals surface area contributed by atoms with Crippen molar-refractivity contribution < 1.29 is 4.74 Å². The van der Waals surface area contributed by atoms with E-state index in [4.69, 9.17) is 4.74 Å². The standard InChI is InChI=1S/C14H20BrNO/c1-2-16-10-14(7-8-17-11-14)9-12-5-3-4-6-13(12)15/h3-6,16H,2,7-11H2,1H3. The Morgan fingerprint density at radius 3 is 2.88 bits per heavy atom. The molecule has 1 aromatic rings. The Labute approximate surface area is 112 Å². The molecule has 3 heteroatoms. The molecule has 17 heavy (non-hydrogen) atoms. The third-order valence-electron chi connectivity index (χ3n) is 3.46. The van der Waals surface area contributed by atoms with E-state index in [1.54, 1.807) is 0 Å². The monoisotopic (exact) mass is 297 g/mol. The Kier molecular flexibility index (Phi) is 4.60. The molecule has 1 unspecified atom stereocenters. The summed E-state index contributed by atoms with van der Waals surface area (Å²) in [5.41, 5.74) is 1.66. The number of nitrogens with one attached hydrogen (secondary N) is 1. The highest BCUT2D eigenvalue weighted by molar-refractivity contribution is 9.10. The zero-order valence-electron chi connectivity index (χ0n) is 10.3. The van der Waals surface area contributed by atoms with Crippen LogP contribution in [0.3, 0.4) is 0 Å². The first-order chi connectivity index (χ1) is 8.26. The van der Waals surface area contributed by atoms with E-state index >= 15 is 0 Å². The van der Waals surface area contributed by atoms with Crippen molar-refractivity contribution in [2.24, 2.45) is 5.41 Å². The molecule has 1 saturated heterocycles. The maximum absolute atomic E-state index is 5.61. The second kappa shape index (κ2) is 5.98. The van der Waals surface area contributed by atoms with Gasteiger partial charge < -0.3 is 10.1 Å².